The van der Waals surface area contributed by atoms with Gasteiger partial charge in [0.2, 0.25) is 5.91 Å². The van der Waals surface area contributed by atoms with E-state index in [0.29, 0.717) is 12.8 Å². The van der Waals surface area contributed by atoms with Crippen molar-refractivity contribution in [1.82, 2.24) is 5.01 Å². The minimum absolute atomic E-state index is 0.0156. The molecule has 1 atom stereocenters. The van der Waals surface area contributed by atoms with Crippen molar-refractivity contribution < 1.29 is 19.4 Å². The molecule has 7 heteroatoms. The molecule has 26 heavy (non-hydrogen) atoms. The van der Waals surface area contributed by atoms with Crippen molar-refractivity contribution in [2.24, 2.45) is 5.10 Å². The van der Waals surface area contributed by atoms with Crippen LogP contribution in [0, 0.1) is 0 Å². The first kappa shape index (κ1) is 18.1. The van der Waals surface area contributed by atoms with Gasteiger partial charge >= 0.3 is 5.97 Å². The van der Waals surface area contributed by atoms with Crippen molar-refractivity contribution in [2.45, 2.75) is 31.7 Å². The molecule has 0 radical (unpaired) electrons. The number of carbonyl (C=O) groups is 2. The topological polar surface area (TPSA) is 79.2 Å². The Morgan fingerprint density at radius 3 is 2.65 bits per heavy atom. The third kappa shape index (κ3) is 4.11. The van der Waals surface area contributed by atoms with Gasteiger partial charge in [-0.1, -0.05) is 6.07 Å². The smallest absolute Gasteiger partial charge is 0.303 e. The molecular weight excluding hydrogens is 352 g/mol. The van der Waals surface area contributed by atoms with Crippen LogP contribution in [0.4, 0.5) is 0 Å². The van der Waals surface area contributed by atoms with E-state index in [1.165, 1.54) is 5.01 Å². The normalized spacial score (nSPS) is 16.4. The first-order chi connectivity index (χ1) is 12.6. The van der Waals surface area contributed by atoms with Crippen molar-refractivity contribution in [1.29, 1.82) is 0 Å². The molecule has 1 N–H and O–H groups in total. The number of benzene rings is 1. The van der Waals surface area contributed by atoms with Crippen LogP contribution in [0.5, 0.6) is 5.75 Å². The lowest BCUT2D eigenvalue weighted by molar-refractivity contribution is -0.137. The lowest BCUT2D eigenvalue weighted by atomic mass is 10.0. The summed E-state index contributed by atoms with van der Waals surface area (Å²) in [6.45, 7) is 0. The molecule has 136 valence electrons. The van der Waals surface area contributed by atoms with Crippen molar-refractivity contribution in [3.63, 3.8) is 0 Å². The molecule has 1 aromatic heterocycles. The molecule has 0 saturated heterocycles. The van der Waals surface area contributed by atoms with Crippen molar-refractivity contribution in [3.8, 4) is 5.75 Å². The van der Waals surface area contributed by atoms with E-state index >= 15 is 0 Å². The summed E-state index contributed by atoms with van der Waals surface area (Å²) in [5, 5.41) is 16.8. The average Bonchev–Trinajstić information content (AvgIpc) is 3.31. The average molecular weight is 372 g/mol. The number of rotatable bonds is 7. The summed E-state index contributed by atoms with van der Waals surface area (Å²) in [6.07, 6.45) is 1.11. The van der Waals surface area contributed by atoms with Crippen LogP contribution >= 0.6 is 11.3 Å². The Balaban J connectivity index is 1.80. The zero-order chi connectivity index (χ0) is 18.5. The summed E-state index contributed by atoms with van der Waals surface area (Å²) >= 11 is 1.59. The van der Waals surface area contributed by atoms with Crippen molar-refractivity contribution in [2.75, 3.05) is 7.11 Å². The van der Waals surface area contributed by atoms with E-state index in [1.807, 2.05) is 41.8 Å². The molecule has 1 aromatic carbocycles. The number of aliphatic carboxylic acids is 1. The summed E-state index contributed by atoms with van der Waals surface area (Å²) in [6, 6.07) is 11.4. The van der Waals surface area contributed by atoms with Crippen molar-refractivity contribution in [3.05, 3.63) is 52.2 Å². The second kappa shape index (κ2) is 8.14. The number of ether oxygens (including phenoxy) is 1. The number of hydrazone groups is 1. The molecule has 2 heterocycles. The minimum Gasteiger partial charge on any atom is -0.497 e. The number of carboxylic acids is 1. The summed E-state index contributed by atoms with van der Waals surface area (Å²) in [7, 11) is 1.62. The van der Waals surface area contributed by atoms with Gasteiger partial charge < -0.3 is 9.84 Å². The fourth-order valence-electron chi connectivity index (χ4n) is 2.91. The quantitative estimate of drug-likeness (QED) is 0.804. The van der Waals surface area contributed by atoms with Crippen LogP contribution in [0.3, 0.4) is 0 Å². The van der Waals surface area contributed by atoms with Gasteiger partial charge in [0.1, 0.15) is 5.75 Å². The molecule has 1 aliphatic heterocycles. The molecule has 1 amide bonds. The molecule has 0 spiro atoms. The van der Waals surface area contributed by atoms with Crippen molar-refractivity contribution >= 4 is 28.9 Å². The van der Waals surface area contributed by atoms with Crippen LogP contribution in [0.15, 0.2) is 46.9 Å². The van der Waals surface area contributed by atoms with E-state index in [2.05, 4.69) is 5.10 Å². The number of hydrogen-bond donors (Lipinski definition) is 1. The fourth-order valence-corrected chi connectivity index (χ4v) is 3.72. The van der Waals surface area contributed by atoms with Gasteiger partial charge in [-0.05, 0) is 47.7 Å². The molecular formula is C19H20N2O4S. The predicted molar refractivity (Wildman–Crippen MR) is 99.5 cm³/mol. The Morgan fingerprint density at radius 1 is 1.27 bits per heavy atom. The maximum absolute atomic E-state index is 12.6. The van der Waals surface area contributed by atoms with E-state index in [-0.39, 0.29) is 24.8 Å². The Hall–Kier alpha value is -2.67. The summed E-state index contributed by atoms with van der Waals surface area (Å²) in [5.41, 5.74) is 1.80. The third-order valence-corrected chi connectivity index (χ3v) is 5.22. The molecule has 1 unspecified atom stereocenters. The Morgan fingerprint density at radius 2 is 2.04 bits per heavy atom. The summed E-state index contributed by atoms with van der Waals surface area (Å²) < 4.78 is 5.18. The molecule has 0 fully saturated rings. The van der Waals surface area contributed by atoms with Crippen LogP contribution in [-0.4, -0.2) is 34.8 Å². The molecule has 3 rings (SSSR count). The molecule has 0 bridgehead atoms. The fraction of sp³-hybridized carbons (Fsp3) is 0.316. The second-order valence-corrected chi connectivity index (χ2v) is 6.98. The largest absolute Gasteiger partial charge is 0.497 e. The number of amides is 1. The molecule has 1 aliphatic rings. The van der Waals surface area contributed by atoms with Gasteiger partial charge in [-0.3, -0.25) is 9.59 Å². The minimum atomic E-state index is -0.892. The van der Waals surface area contributed by atoms with Crippen LogP contribution in [0.2, 0.25) is 0 Å². The highest BCUT2D eigenvalue weighted by molar-refractivity contribution is 7.10. The summed E-state index contributed by atoms with van der Waals surface area (Å²) in [4.78, 5) is 24.4. The second-order valence-electron chi connectivity index (χ2n) is 6.00. The Bertz CT molecular complexity index is 799. The molecule has 0 aliphatic carbocycles. The highest BCUT2D eigenvalue weighted by atomic mass is 32.1. The third-order valence-electron chi connectivity index (χ3n) is 4.24. The summed E-state index contributed by atoms with van der Waals surface area (Å²) in [5.74, 6) is -0.270. The predicted octanol–water partition coefficient (Wildman–Crippen LogP) is 3.69. The Kier molecular flexibility index (Phi) is 5.68. The SMILES string of the molecule is COc1ccc(C2=NN(C(=O)CCCC(=O)O)C(c3cccs3)C2)cc1. The van der Waals surface area contributed by atoms with Crippen LogP contribution in [0.1, 0.15) is 42.2 Å². The van der Waals surface area contributed by atoms with E-state index in [0.717, 1.165) is 21.9 Å². The Labute approximate surface area is 155 Å². The van der Waals surface area contributed by atoms with E-state index in [4.69, 9.17) is 9.84 Å². The van der Waals surface area contributed by atoms with Gasteiger partial charge in [0, 0.05) is 24.1 Å². The monoisotopic (exact) mass is 372 g/mol. The lowest BCUT2D eigenvalue weighted by Gasteiger charge is -2.20. The van der Waals surface area contributed by atoms with Crippen LogP contribution in [-0.2, 0) is 9.59 Å². The van der Waals surface area contributed by atoms with E-state index in [1.54, 1.807) is 18.4 Å². The number of carbonyl (C=O) groups excluding carboxylic acids is 1. The van der Waals surface area contributed by atoms with Gasteiger partial charge in [0.05, 0.1) is 18.9 Å². The van der Waals surface area contributed by atoms with Gasteiger partial charge in [-0.15, -0.1) is 11.3 Å². The van der Waals surface area contributed by atoms with Gasteiger partial charge in [0.15, 0.2) is 0 Å². The van der Waals surface area contributed by atoms with Gasteiger partial charge in [0.25, 0.3) is 0 Å². The zero-order valence-corrected chi connectivity index (χ0v) is 15.2. The van der Waals surface area contributed by atoms with Crippen LogP contribution < -0.4 is 4.74 Å². The number of methoxy groups -OCH3 is 1. The molecule has 0 saturated carbocycles. The van der Waals surface area contributed by atoms with E-state index < -0.39 is 5.97 Å². The first-order valence-electron chi connectivity index (χ1n) is 8.37. The highest BCUT2D eigenvalue weighted by Crippen LogP contribution is 2.35. The number of nitrogens with zero attached hydrogens (tertiary/aromatic N) is 2. The van der Waals surface area contributed by atoms with Gasteiger partial charge in [-0.25, -0.2) is 5.01 Å². The standard InChI is InChI=1S/C19H20N2O4S/c1-25-14-9-7-13(8-10-14)15-12-16(17-4-3-11-26-17)21(20-15)18(22)5-2-6-19(23)24/h3-4,7-11,16H,2,5-6,12H2,1H3,(H,23,24). The van der Waals surface area contributed by atoms with Crippen LogP contribution in [0.25, 0.3) is 0 Å². The maximum Gasteiger partial charge on any atom is 0.303 e. The number of carboxylic acid groups (broad SMARTS) is 1. The molecule has 6 nitrogen and oxygen atoms in total. The lowest BCUT2D eigenvalue weighted by Crippen LogP contribution is -2.26. The zero-order valence-electron chi connectivity index (χ0n) is 14.4. The highest BCUT2D eigenvalue weighted by Gasteiger charge is 2.33. The van der Waals surface area contributed by atoms with Gasteiger partial charge in [-0.2, -0.15) is 5.10 Å². The van der Waals surface area contributed by atoms with E-state index in [9.17, 15) is 9.59 Å². The number of thiophene rings is 1. The maximum atomic E-state index is 12.6. The number of hydrogen-bond acceptors (Lipinski definition) is 5. The molecule has 2 aromatic rings. The first-order valence-corrected chi connectivity index (χ1v) is 9.25.